The fraction of sp³-hybridized carbons (Fsp3) is 0.273. The van der Waals surface area contributed by atoms with Crippen LogP contribution in [0.3, 0.4) is 0 Å². The number of nitrogens with zero attached hydrogens (tertiary/aromatic N) is 6. The largest absolute Gasteiger partial charge is 0.508 e. The Kier molecular flexibility index (Phi) is 5.00. The highest BCUT2D eigenvalue weighted by Gasteiger charge is 2.25. The lowest BCUT2D eigenvalue weighted by Gasteiger charge is -2.32. The van der Waals surface area contributed by atoms with Gasteiger partial charge in [-0.1, -0.05) is 11.3 Å². The normalized spacial score (nSPS) is 14.8. The van der Waals surface area contributed by atoms with Gasteiger partial charge in [-0.15, -0.1) is 0 Å². The van der Waals surface area contributed by atoms with Gasteiger partial charge in [0.25, 0.3) is 0 Å². The molecular weight excluding hydrogens is 429 g/mol. The Morgan fingerprint density at radius 1 is 1.25 bits per heavy atom. The first kappa shape index (κ1) is 20.4. The average Bonchev–Trinajstić information content (AvgIpc) is 3.40. The number of piperazine rings is 1. The maximum Gasteiger partial charge on any atom is 0.185 e. The zero-order valence-electron chi connectivity index (χ0n) is 17.6. The number of phenols is 1. The summed E-state index contributed by atoms with van der Waals surface area (Å²) in [7, 11) is 2.10. The zero-order chi connectivity index (χ0) is 22.4. The molecule has 0 bridgehead atoms. The van der Waals surface area contributed by atoms with E-state index >= 15 is 0 Å². The Hall–Kier alpha value is -3.55. The van der Waals surface area contributed by atoms with E-state index in [1.807, 2.05) is 6.92 Å². The lowest BCUT2D eigenvalue weighted by molar-refractivity contribution is 0.313. The number of hydrogen-bond donors (Lipinski definition) is 2. The van der Waals surface area contributed by atoms with Crippen LogP contribution in [-0.2, 0) is 0 Å². The second kappa shape index (κ2) is 7.85. The van der Waals surface area contributed by atoms with Crippen molar-refractivity contribution < 1.29 is 9.50 Å². The molecule has 4 heterocycles. The number of halogens is 1. The number of phenolic OH excluding ortho intramolecular Hbond substituents is 1. The maximum atomic E-state index is 14.7. The number of rotatable bonds is 3. The van der Waals surface area contributed by atoms with Crippen LogP contribution in [0.4, 0.5) is 9.52 Å². The van der Waals surface area contributed by atoms with Gasteiger partial charge in [-0.3, -0.25) is 5.10 Å². The molecule has 1 aromatic carbocycles. The Labute approximate surface area is 187 Å². The third-order valence-electron chi connectivity index (χ3n) is 5.72. The number of benzene rings is 1. The molecule has 1 aliphatic heterocycles. The molecular formula is C22H20FN7OS. The molecule has 0 saturated carbocycles. The smallest absolute Gasteiger partial charge is 0.185 e. The minimum atomic E-state index is -0.658. The van der Waals surface area contributed by atoms with Crippen molar-refractivity contribution in [2.45, 2.75) is 6.92 Å². The van der Waals surface area contributed by atoms with Gasteiger partial charge in [-0.25, -0.2) is 14.4 Å². The summed E-state index contributed by atoms with van der Waals surface area (Å²) in [4.78, 5) is 14.4. The number of aromatic amines is 1. The number of aromatic nitrogens is 4. The van der Waals surface area contributed by atoms with Crippen LogP contribution in [0, 0.1) is 24.1 Å². The van der Waals surface area contributed by atoms with Crippen LogP contribution in [-0.4, -0.2) is 63.4 Å². The monoisotopic (exact) mass is 449 g/mol. The molecule has 0 radical (unpaired) electrons. The van der Waals surface area contributed by atoms with E-state index in [0.717, 1.165) is 53.3 Å². The van der Waals surface area contributed by atoms with Gasteiger partial charge in [0.2, 0.25) is 0 Å². The van der Waals surface area contributed by atoms with Crippen molar-refractivity contribution in [3.8, 4) is 33.5 Å². The Morgan fingerprint density at radius 2 is 2.03 bits per heavy atom. The molecule has 3 aromatic heterocycles. The number of aromatic hydroxyl groups is 1. The number of aryl methyl sites for hydroxylation is 1. The first-order valence-corrected chi connectivity index (χ1v) is 10.9. The van der Waals surface area contributed by atoms with Crippen molar-refractivity contribution in [2.75, 3.05) is 38.1 Å². The van der Waals surface area contributed by atoms with Crippen LogP contribution in [0.25, 0.3) is 32.7 Å². The minimum absolute atomic E-state index is 0.131. The topological polar surface area (TPSA) is 105 Å². The Morgan fingerprint density at radius 3 is 2.75 bits per heavy atom. The van der Waals surface area contributed by atoms with Crippen molar-refractivity contribution in [2.24, 2.45) is 0 Å². The minimum Gasteiger partial charge on any atom is -0.508 e. The summed E-state index contributed by atoms with van der Waals surface area (Å²) in [5.74, 6) is -0.852. The van der Waals surface area contributed by atoms with E-state index < -0.39 is 5.82 Å². The highest BCUT2D eigenvalue weighted by molar-refractivity contribution is 7.19. The van der Waals surface area contributed by atoms with Gasteiger partial charge in [-0.2, -0.15) is 10.4 Å². The Balaban J connectivity index is 1.71. The maximum absolute atomic E-state index is 14.7. The van der Waals surface area contributed by atoms with E-state index in [2.05, 4.69) is 43.1 Å². The highest BCUT2D eigenvalue weighted by atomic mass is 32.1. The fourth-order valence-corrected chi connectivity index (χ4v) is 5.00. The third-order valence-corrected chi connectivity index (χ3v) is 6.79. The number of pyridine rings is 1. The second-order valence-corrected chi connectivity index (χ2v) is 8.84. The van der Waals surface area contributed by atoms with Crippen molar-refractivity contribution in [1.29, 1.82) is 5.26 Å². The molecule has 1 aliphatic rings. The molecule has 2 N–H and O–H groups in total. The SMILES string of the molecule is Cc1[nH]nc2nc(-c3ccc(O)cc3F)c(C#N)c(-c3cnc(N4CCN(C)CC4)s3)c12. The molecule has 0 aliphatic carbocycles. The quantitative estimate of drug-likeness (QED) is 0.493. The average molecular weight is 450 g/mol. The predicted octanol–water partition coefficient (Wildman–Crippen LogP) is 3.53. The predicted molar refractivity (Wildman–Crippen MR) is 121 cm³/mol. The summed E-state index contributed by atoms with van der Waals surface area (Å²) in [6, 6.07) is 6.04. The van der Waals surface area contributed by atoms with Crippen LogP contribution in [0.2, 0.25) is 0 Å². The van der Waals surface area contributed by atoms with E-state index in [1.54, 1.807) is 6.20 Å². The molecule has 8 nitrogen and oxygen atoms in total. The van der Waals surface area contributed by atoms with E-state index in [1.165, 1.54) is 23.5 Å². The summed E-state index contributed by atoms with van der Waals surface area (Å²) in [5.41, 5.74) is 2.38. The summed E-state index contributed by atoms with van der Waals surface area (Å²) in [5, 5.41) is 28.5. The van der Waals surface area contributed by atoms with E-state index in [9.17, 15) is 14.8 Å². The number of likely N-dealkylation sites (N-methyl/N-ethyl adjacent to an activating group) is 1. The van der Waals surface area contributed by atoms with Crippen molar-refractivity contribution in [3.63, 3.8) is 0 Å². The van der Waals surface area contributed by atoms with Crippen molar-refractivity contribution >= 4 is 27.5 Å². The van der Waals surface area contributed by atoms with Crippen LogP contribution < -0.4 is 4.90 Å². The van der Waals surface area contributed by atoms with Gasteiger partial charge in [-0.05, 0) is 26.1 Å². The summed E-state index contributed by atoms with van der Waals surface area (Å²) in [6.07, 6.45) is 1.76. The fourth-order valence-electron chi connectivity index (χ4n) is 3.97. The second-order valence-electron chi connectivity index (χ2n) is 7.83. The van der Waals surface area contributed by atoms with Gasteiger partial charge >= 0.3 is 0 Å². The number of nitrogens with one attached hydrogen (secondary N) is 1. The molecule has 0 atom stereocenters. The van der Waals surface area contributed by atoms with Gasteiger partial charge in [0, 0.05) is 55.3 Å². The summed E-state index contributed by atoms with van der Waals surface area (Å²) >= 11 is 1.50. The standard InChI is InChI=1S/C22H20FN7OS/c1-12-18-19(17-11-25-22(32-17)30-7-5-29(2)6-8-30)15(10-24)20(26-21(18)28-27-12)14-4-3-13(31)9-16(14)23/h3-4,9,11,31H,5-8H2,1-2H3,(H,26,27,28). The van der Waals surface area contributed by atoms with Crippen LogP contribution in [0.5, 0.6) is 5.75 Å². The number of H-pyrrole nitrogens is 1. The van der Waals surface area contributed by atoms with E-state index in [0.29, 0.717) is 11.2 Å². The molecule has 1 fully saturated rings. The van der Waals surface area contributed by atoms with Crippen molar-refractivity contribution in [3.05, 3.63) is 41.5 Å². The Bertz CT molecular complexity index is 1360. The first-order valence-electron chi connectivity index (χ1n) is 10.1. The van der Waals surface area contributed by atoms with Gasteiger partial charge in [0.15, 0.2) is 10.8 Å². The molecule has 0 spiro atoms. The van der Waals surface area contributed by atoms with E-state index in [4.69, 9.17) is 0 Å². The van der Waals surface area contributed by atoms with E-state index in [-0.39, 0.29) is 22.6 Å². The number of nitriles is 1. The lowest BCUT2D eigenvalue weighted by atomic mass is 9.97. The number of fused-ring (bicyclic) bond motifs is 1. The summed E-state index contributed by atoms with van der Waals surface area (Å²) in [6.45, 7) is 5.56. The zero-order valence-corrected chi connectivity index (χ0v) is 18.4. The number of anilines is 1. The number of hydrogen-bond acceptors (Lipinski definition) is 8. The molecule has 4 aromatic rings. The van der Waals surface area contributed by atoms with Gasteiger partial charge < -0.3 is 14.9 Å². The molecule has 32 heavy (non-hydrogen) atoms. The molecule has 1 saturated heterocycles. The van der Waals surface area contributed by atoms with Crippen LogP contribution in [0.15, 0.2) is 24.4 Å². The molecule has 0 unspecified atom stereocenters. The van der Waals surface area contributed by atoms with Gasteiger partial charge in [0.1, 0.15) is 17.6 Å². The van der Waals surface area contributed by atoms with Gasteiger partial charge in [0.05, 0.1) is 21.5 Å². The number of thiazole rings is 1. The third kappa shape index (κ3) is 3.36. The summed E-state index contributed by atoms with van der Waals surface area (Å²) < 4.78 is 14.7. The molecule has 0 amide bonds. The highest BCUT2D eigenvalue weighted by Crippen LogP contribution is 2.42. The van der Waals surface area contributed by atoms with Crippen LogP contribution >= 0.6 is 11.3 Å². The lowest BCUT2D eigenvalue weighted by Crippen LogP contribution is -2.44. The first-order chi connectivity index (χ1) is 15.5. The van der Waals surface area contributed by atoms with Crippen LogP contribution in [0.1, 0.15) is 11.3 Å². The molecule has 10 heteroatoms. The molecule has 162 valence electrons. The molecule has 5 rings (SSSR count). The van der Waals surface area contributed by atoms with Crippen molar-refractivity contribution in [1.82, 2.24) is 25.1 Å².